The van der Waals surface area contributed by atoms with Crippen LogP contribution < -0.4 is 4.74 Å². The number of hydrogen-bond acceptors (Lipinski definition) is 2. The van der Waals surface area contributed by atoms with Crippen molar-refractivity contribution in [1.82, 2.24) is 9.47 Å². The first-order valence-electron chi connectivity index (χ1n) is 12.2. The first-order valence-corrected chi connectivity index (χ1v) is 13.0. The van der Waals surface area contributed by atoms with E-state index in [9.17, 15) is 0 Å². The summed E-state index contributed by atoms with van der Waals surface area (Å²) in [5.74, 6) is 1.53. The monoisotopic (exact) mass is 514 g/mol. The Labute approximate surface area is 210 Å². The average Bonchev–Trinajstić information content (AvgIpc) is 3.15. The number of halogens is 1. The zero-order chi connectivity index (χ0) is 23.3. The molecule has 2 atom stereocenters. The zero-order valence-corrected chi connectivity index (χ0v) is 21.5. The van der Waals surface area contributed by atoms with E-state index in [0.717, 1.165) is 38.2 Å². The third-order valence-electron chi connectivity index (χ3n) is 8.36. The second kappa shape index (κ2) is 8.58. The molecule has 2 unspecified atom stereocenters. The number of para-hydroxylation sites is 1. The van der Waals surface area contributed by atoms with Gasteiger partial charge in [0.05, 0.1) is 12.6 Å². The summed E-state index contributed by atoms with van der Waals surface area (Å²) >= 11 is 3.83. The number of aromatic nitrogens is 1. The lowest BCUT2D eigenvalue weighted by Gasteiger charge is -2.51. The topological polar surface area (TPSA) is 17.4 Å². The summed E-state index contributed by atoms with van der Waals surface area (Å²) < 4.78 is 9.29. The molecule has 2 aliphatic rings. The van der Waals surface area contributed by atoms with Gasteiger partial charge in [-0.25, -0.2) is 0 Å². The van der Waals surface area contributed by atoms with E-state index < -0.39 is 0 Å². The maximum absolute atomic E-state index is 5.66. The molecule has 0 amide bonds. The molecule has 4 aromatic rings. The van der Waals surface area contributed by atoms with Crippen molar-refractivity contribution in [2.75, 3.05) is 20.2 Å². The summed E-state index contributed by atoms with van der Waals surface area (Å²) in [5, 5.41) is 1.41. The van der Waals surface area contributed by atoms with Crippen LogP contribution in [0.2, 0.25) is 0 Å². The van der Waals surface area contributed by atoms with Crippen molar-refractivity contribution in [3.8, 4) is 5.75 Å². The van der Waals surface area contributed by atoms with Gasteiger partial charge >= 0.3 is 0 Å². The Hall–Kier alpha value is -2.56. The Morgan fingerprint density at radius 1 is 1.03 bits per heavy atom. The number of hydrogen-bond donors (Lipinski definition) is 0. The number of aryl methyl sites for hydroxylation is 1. The van der Waals surface area contributed by atoms with Crippen LogP contribution in [0.5, 0.6) is 5.75 Å². The standard InChI is InChI=1S/C30H31BrN2O/c1-32-28-18-30(22-10-6-11-24(16-22)34-2)14-15-33(19-21-8-4-3-5-9-21)20-23(30)17-26(28)25-12-7-13-27(31)29(25)32/h3-13,16,23H,14-15,17-20H2,1-2H3. The third-order valence-corrected chi connectivity index (χ3v) is 9.00. The van der Waals surface area contributed by atoms with Gasteiger partial charge in [0.2, 0.25) is 0 Å². The van der Waals surface area contributed by atoms with Crippen LogP contribution in [-0.2, 0) is 31.8 Å². The van der Waals surface area contributed by atoms with Gasteiger partial charge in [-0.3, -0.25) is 4.90 Å². The summed E-state index contributed by atoms with van der Waals surface area (Å²) in [5.41, 5.74) is 7.34. The molecule has 174 valence electrons. The zero-order valence-electron chi connectivity index (χ0n) is 19.9. The molecular weight excluding hydrogens is 484 g/mol. The molecular formula is C30H31BrN2O. The van der Waals surface area contributed by atoms with Gasteiger partial charge in [-0.2, -0.15) is 0 Å². The number of likely N-dealkylation sites (tertiary alicyclic amines) is 1. The van der Waals surface area contributed by atoms with Crippen LogP contribution in [0, 0.1) is 5.92 Å². The quantitative estimate of drug-likeness (QED) is 0.309. The lowest BCUT2D eigenvalue weighted by atomic mass is 9.58. The molecule has 1 aromatic heterocycles. The van der Waals surface area contributed by atoms with Gasteiger partial charge < -0.3 is 9.30 Å². The van der Waals surface area contributed by atoms with Crippen molar-refractivity contribution in [2.24, 2.45) is 13.0 Å². The largest absolute Gasteiger partial charge is 0.497 e. The predicted octanol–water partition coefficient (Wildman–Crippen LogP) is 6.51. The Morgan fingerprint density at radius 2 is 1.85 bits per heavy atom. The minimum atomic E-state index is 0.128. The number of ether oxygens (including phenoxy) is 1. The molecule has 3 nitrogen and oxygen atoms in total. The van der Waals surface area contributed by atoms with E-state index in [1.807, 2.05) is 0 Å². The van der Waals surface area contributed by atoms with Gasteiger partial charge in [-0.1, -0.05) is 54.6 Å². The molecule has 0 saturated carbocycles. The van der Waals surface area contributed by atoms with E-state index in [0.29, 0.717) is 5.92 Å². The molecule has 34 heavy (non-hydrogen) atoms. The molecule has 2 heterocycles. The summed E-state index contributed by atoms with van der Waals surface area (Å²) in [7, 11) is 4.02. The summed E-state index contributed by atoms with van der Waals surface area (Å²) in [6.45, 7) is 3.26. The maximum Gasteiger partial charge on any atom is 0.119 e. The SMILES string of the molecule is COc1cccc(C23CCN(Cc4ccccc4)CC2Cc2c(n(C)c4c(Br)cccc24)C3)c1. The van der Waals surface area contributed by atoms with Crippen LogP contribution in [0.3, 0.4) is 0 Å². The highest BCUT2D eigenvalue weighted by Crippen LogP contribution is 2.50. The summed E-state index contributed by atoms with van der Waals surface area (Å²) in [4.78, 5) is 2.67. The number of nitrogens with zero attached hydrogens (tertiary/aromatic N) is 2. The fourth-order valence-electron chi connectivity index (χ4n) is 6.62. The van der Waals surface area contributed by atoms with E-state index in [1.165, 1.54) is 38.6 Å². The summed E-state index contributed by atoms with van der Waals surface area (Å²) in [6.07, 6.45) is 3.36. The van der Waals surface area contributed by atoms with E-state index in [1.54, 1.807) is 12.7 Å². The van der Waals surface area contributed by atoms with Crippen LogP contribution >= 0.6 is 15.9 Å². The van der Waals surface area contributed by atoms with Crippen molar-refractivity contribution in [2.45, 2.75) is 31.2 Å². The van der Waals surface area contributed by atoms with Crippen LogP contribution in [-0.4, -0.2) is 29.7 Å². The summed E-state index contributed by atoms with van der Waals surface area (Å²) in [6, 6.07) is 26.5. The molecule has 0 N–H and O–H groups in total. The fraction of sp³-hybridized carbons (Fsp3) is 0.333. The molecule has 1 aliphatic carbocycles. The molecule has 6 rings (SSSR count). The highest BCUT2D eigenvalue weighted by molar-refractivity contribution is 9.10. The minimum absolute atomic E-state index is 0.128. The van der Waals surface area contributed by atoms with Crippen LogP contribution in [0.4, 0.5) is 0 Å². The Balaban J connectivity index is 1.45. The van der Waals surface area contributed by atoms with Crippen LogP contribution in [0.15, 0.2) is 77.3 Å². The van der Waals surface area contributed by atoms with Crippen molar-refractivity contribution < 1.29 is 4.74 Å². The smallest absolute Gasteiger partial charge is 0.119 e. The lowest BCUT2D eigenvalue weighted by molar-refractivity contribution is 0.0758. The molecule has 0 bridgehead atoms. The third kappa shape index (κ3) is 3.50. The van der Waals surface area contributed by atoms with E-state index in [-0.39, 0.29) is 5.41 Å². The molecule has 1 saturated heterocycles. The van der Waals surface area contributed by atoms with Crippen molar-refractivity contribution >= 4 is 26.8 Å². The van der Waals surface area contributed by atoms with Gasteiger partial charge in [0.1, 0.15) is 5.75 Å². The van der Waals surface area contributed by atoms with Gasteiger partial charge in [0.25, 0.3) is 0 Å². The second-order valence-corrected chi connectivity index (χ2v) is 10.9. The highest BCUT2D eigenvalue weighted by Gasteiger charge is 2.48. The fourth-order valence-corrected chi connectivity index (χ4v) is 7.26. The predicted molar refractivity (Wildman–Crippen MR) is 143 cm³/mol. The number of rotatable bonds is 4. The van der Waals surface area contributed by atoms with E-state index >= 15 is 0 Å². The molecule has 0 spiro atoms. The lowest BCUT2D eigenvalue weighted by Crippen LogP contribution is -2.53. The molecule has 1 aliphatic heterocycles. The normalized spacial score (nSPS) is 22.4. The number of benzene rings is 3. The number of methoxy groups -OCH3 is 1. The van der Waals surface area contributed by atoms with Gasteiger partial charge in [-0.05, 0) is 82.5 Å². The second-order valence-electron chi connectivity index (χ2n) is 10.1. The van der Waals surface area contributed by atoms with E-state index in [4.69, 9.17) is 4.74 Å². The number of fused-ring (bicyclic) bond motifs is 4. The molecule has 0 radical (unpaired) electrons. The van der Waals surface area contributed by atoms with E-state index in [2.05, 4.69) is 105 Å². The minimum Gasteiger partial charge on any atom is -0.497 e. The molecule has 4 heteroatoms. The van der Waals surface area contributed by atoms with Crippen LogP contribution in [0.25, 0.3) is 10.9 Å². The van der Waals surface area contributed by atoms with Crippen molar-refractivity contribution in [1.29, 1.82) is 0 Å². The number of piperidine rings is 1. The Kier molecular flexibility index (Phi) is 5.54. The van der Waals surface area contributed by atoms with Gasteiger partial charge in [0, 0.05) is 41.1 Å². The van der Waals surface area contributed by atoms with Crippen molar-refractivity contribution in [3.63, 3.8) is 0 Å². The Morgan fingerprint density at radius 3 is 2.68 bits per heavy atom. The highest BCUT2D eigenvalue weighted by atomic mass is 79.9. The maximum atomic E-state index is 5.66. The molecule has 3 aromatic carbocycles. The first kappa shape index (κ1) is 21.9. The van der Waals surface area contributed by atoms with Crippen LogP contribution in [0.1, 0.15) is 28.8 Å². The molecule has 1 fully saturated rings. The van der Waals surface area contributed by atoms with Gasteiger partial charge in [-0.15, -0.1) is 0 Å². The first-order chi connectivity index (χ1) is 16.6. The van der Waals surface area contributed by atoms with Gasteiger partial charge in [0.15, 0.2) is 0 Å². The van der Waals surface area contributed by atoms with Crippen molar-refractivity contribution in [3.05, 3.63) is 99.7 Å². The average molecular weight is 515 g/mol. The Bertz CT molecular complexity index is 1340.